The number of esters is 1. The van der Waals surface area contributed by atoms with Gasteiger partial charge in [0.1, 0.15) is 10.9 Å². The molecule has 22 heavy (non-hydrogen) atoms. The molecule has 0 N–H and O–H groups in total. The number of carbonyl (C=O) groups is 1. The van der Waals surface area contributed by atoms with Crippen molar-refractivity contribution in [1.82, 2.24) is 4.98 Å². The molecule has 0 aliphatic heterocycles. The van der Waals surface area contributed by atoms with Crippen LogP contribution in [0.1, 0.15) is 18.2 Å². The molecule has 1 aromatic carbocycles. The molecule has 2 aromatic rings. The van der Waals surface area contributed by atoms with E-state index in [-0.39, 0.29) is 5.76 Å². The highest BCUT2D eigenvalue weighted by Gasteiger charge is 2.18. The predicted octanol–water partition coefficient (Wildman–Crippen LogP) is 4.03. The van der Waals surface area contributed by atoms with Gasteiger partial charge in [-0.15, -0.1) is 0 Å². The first-order valence-corrected chi connectivity index (χ1v) is 7.05. The van der Waals surface area contributed by atoms with Crippen LogP contribution in [0.15, 0.2) is 48.2 Å². The van der Waals surface area contributed by atoms with Crippen LogP contribution in [0.25, 0.3) is 5.57 Å². The van der Waals surface area contributed by atoms with Crippen molar-refractivity contribution in [1.29, 1.82) is 0 Å². The van der Waals surface area contributed by atoms with Gasteiger partial charge in [0.2, 0.25) is 5.76 Å². The van der Waals surface area contributed by atoms with E-state index in [0.29, 0.717) is 22.2 Å². The number of methoxy groups -OCH3 is 1. The monoisotopic (exact) mass is 317 g/mol. The van der Waals surface area contributed by atoms with E-state index in [9.17, 15) is 4.79 Å². The van der Waals surface area contributed by atoms with Crippen LogP contribution < -0.4 is 4.74 Å². The summed E-state index contributed by atoms with van der Waals surface area (Å²) in [5.74, 6) is 0.00971. The minimum absolute atomic E-state index is 0.121. The number of rotatable bonds is 4. The summed E-state index contributed by atoms with van der Waals surface area (Å²) >= 11 is 5.92. The lowest BCUT2D eigenvalue weighted by molar-refractivity contribution is -0.138. The zero-order chi connectivity index (χ0) is 16.1. The van der Waals surface area contributed by atoms with Gasteiger partial charge in [-0.1, -0.05) is 41.9 Å². The minimum atomic E-state index is -0.549. The van der Waals surface area contributed by atoms with Gasteiger partial charge in [0.05, 0.1) is 7.11 Å². The first-order valence-electron chi connectivity index (χ1n) is 6.68. The number of allylic oxidation sites excluding steroid dienone is 1. The summed E-state index contributed by atoms with van der Waals surface area (Å²) in [7, 11) is 1.31. The van der Waals surface area contributed by atoms with E-state index in [1.54, 1.807) is 26.0 Å². The molecule has 5 heteroatoms. The first-order chi connectivity index (χ1) is 10.5. The fraction of sp³-hybridized carbons (Fsp3) is 0.176. The van der Waals surface area contributed by atoms with Crippen molar-refractivity contribution < 1.29 is 14.3 Å². The quantitative estimate of drug-likeness (QED) is 0.370. The van der Waals surface area contributed by atoms with Gasteiger partial charge in [-0.05, 0) is 19.4 Å². The molecule has 2 rings (SSSR count). The van der Waals surface area contributed by atoms with Gasteiger partial charge in [0.15, 0.2) is 0 Å². The standard InChI is InChI=1S/C17H16ClNO3/c1-11-9-14(10-15(18)19-11)22-16(17(20)21-3)12(2)13-7-5-4-6-8-13/h4-10H,1-3H3. The summed E-state index contributed by atoms with van der Waals surface area (Å²) in [6, 6.07) is 12.7. The van der Waals surface area contributed by atoms with Crippen molar-refractivity contribution in [2.45, 2.75) is 13.8 Å². The molecule has 0 atom stereocenters. The van der Waals surface area contributed by atoms with Crippen LogP contribution in [0, 0.1) is 6.92 Å². The van der Waals surface area contributed by atoms with E-state index in [1.165, 1.54) is 7.11 Å². The number of aryl methyl sites for hydroxylation is 1. The largest absolute Gasteiger partial charge is 0.463 e. The van der Waals surface area contributed by atoms with Crippen molar-refractivity contribution in [3.8, 4) is 5.75 Å². The summed E-state index contributed by atoms with van der Waals surface area (Å²) in [4.78, 5) is 16.1. The average Bonchev–Trinajstić information content (AvgIpc) is 2.51. The molecular formula is C17H16ClNO3. The van der Waals surface area contributed by atoms with Gasteiger partial charge in [-0.3, -0.25) is 0 Å². The van der Waals surface area contributed by atoms with Gasteiger partial charge in [0, 0.05) is 23.4 Å². The summed E-state index contributed by atoms with van der Waals surface area (Å²) in [6.07, 6.45) is 0. The maximum Gasteiger partial charge on any atom is 0.374 e. The Bertz CT molecular complexity index is 691. The summed E-state index contributed by atoms with van der Waals surface area (Å²) < 4.78 is 10.5. The molecule has 0 bridgehead atoms. The summed E-state index contributed by atoms with van der Waals surface area (Å²) in [5.41, 5.74) is 2.25. The zero-order valence-electron chi connectivity index (χ0n) is 12.6. The third kappa shape index (κ3) is 3.86. The van der Waals surface area contributed by atoms with Gasteiger partial charge >= 0.3 is 5.97 Å². The molecule has 4 nitrogen and oxygen atoms in total. The lowest BCUT2D eigenvalue weighted by atomic mass is 10.1. The number of ether oxygens (including phenoxy) is 2. The molecule has 1 heterocycles. The summed E-state index contributed by atoms with van der Waals surface area (Å²) in [6.45, 7) is 3.60. The predicted molar refractivity (Wildman–Crippen MR) is 85.7 cm³/mol. The molecule has 0 fully saturated rings. The molecule has 0 amide bonds. The zero-order valence-corrected chi connectivity index (χ0v) is 13.3. The Morgan fingerprint density at radius 3 is 2.45 bits per heavy atom. The number of hydrogen-bond acceptors (Lipinski definition) is 4. The lowest BCUT2D eigenvalue weighted by Crippen LogP contribution is -2.13. The van der Waals surface area contributed by atoms with Crippen LogP contribution in [0.3, 0.4) is 0 Å². The van der Waals surface area contributed by atoms with E-state index in [1.807, 2.05) is 30.3 Å². The maximum absolute atomic E-state index is 12.0. The Kier molecular flexibility index (Phi) is 5.17. The van der Waals surface area contributed by atoms with Crippen LogP contribution in [0.4, 0.5) is 0 Å². The molecule has 0 radical (unpaired) electrons. The molecule has 0 saturated carbocycles. The molecule has 114 valence electrons. The number of pyridine rings is 1. The number of nitrogens with zero attached hydrogens (tertiary/aromatic N) is 1. The van der Waals surface area contributed by atoms with Crippen LogP contribution in [-0.4, -0.2) is 18.1 Å². The Labute approximate surface area is 134 Å². The van der Waals surface area contributed by atoms with Crippen molar-refractivity contribution in [2.75, 3.05) is 7.11 Å². The first kappa shape index (κ1) is 16.0. The third-order valence-electron chi connectivity index (χ3n) is 3.03. The van der Waals surface area contributed by atoms with Crippen molar-refractivity contribution in [2.24, 2.45) is 0 Å². The fourth-order valence-electron chi connectivity index (χ4n) is 1.96. The average molecular weight is 318 g/mol. The number of carbonyl (C=O) groups excluding carboxylic acids is 1. The number of aromatic nitrogens is 1. The highest BCUT2D eigenvalue weighted by atomic mass is 35.5. The second-order valence-electron chi connectivity index (χ2n) is 4.68. The number of halogens is 1. The van der Waals surface area contributed by atoms with E-state index >= 15 is 0 Å². The SMILES string of the molecule is COC(=O)C(Oc1cc(C)nc(Cl)c1)=C(C)c1ccccc1. The van der Waals surface area contributed by atoms with Crippen molar-refractivity contribution >= 4 is 23.1 Å². The Balaban J connectivity index is 2.45. The normalized spacial score (nSPS) is 11.6. The molecule has 0 spiro atoms. The molecule has 0 saturated heterocycles. The van der Waals surface area contributed by atoms with Gasteiger partial charge in [-0.2, -0.15) is 0 Å². The second kappa shape index (κ2) is 7.09. The number of hydrogen-bond donors (Lipinski definition) is 0. The summed E-state index contributed by atoms with van der Waals surface area (Å²) in [5, 5.41) is 0.302. The highest BCUT2D eigenvalue weighted by molar-refractivity contribution is 6.29. The van der Waals surface area contributed by atoms with E-state index in [0.717, 1.165) is 5.56 Å². The van der Waals surface area contributed by atoms with Crippen LogP contribution in [0.5, 0.6) is 5.75 Å². The van der Waals surface area contributed by atoms with E-state index in [4.69, 9.17) is 21.1 Å². The van der Waals surface area contributed by atoms with Gasteiger partial charge in [-0.25, -0.2) is 9.78 Å². The number of benzene rings is 1. The van der Waals surface area contributed by atoms with Crippen molar-refractivity contribution in [3.63, 3.8) is 0 Å². The fourth-order valence-corrected chi connectivity index (χ4v) is 2.20. The van der Waals surface area contributed by atoms with E-state index < -0.39 is 5.97 Å². The molecule has 1 aromatic heterocycles. The molecular weight excluding hydrogens is 302 g/mol. The minimum Gasteiger partial charge on any atom is -0.463 e. The Hall–Kier alpha value is -2.33. The van der Waals surface area contributed by atoms with Crippen LogP contribution in [0.2, 0.25) is 5.15 Å². The van der Waals surface area contributed by atoms with Crippen molar-refractivity contribution in [3.05, 3.63) is 64.6 Å². The molecule has 0 aliphatic carbocycles. The van der Waals surface area contributed by atoms with Crippen LogP contribution in [-0.2, 0) is 9.53 Å². The highest BCUT2D eigenvalue weighted by Crippen LogP contribution is 2.25. The third-order valence-corrected chi connectivity index (χ3v) is 3.23. The Morgan fingerprint density at radius 2 is 1.86 bits per heavy atom. The molecule has 0 unspecified atom stereocenters. The van der Waals surface area contributed by atoms with E-state index in [2.05, 4.69) is 4.98 Å². The smallest absolute Gasteiger partial charge is 0.374 e. The van der Waals surface area contributed by atoms with Gasteiger partial charge in [0.25, 0.3) is 0 Å². The molecule has 0 aliphatic rings. The second-order valence-corrected chi connectivity index (χ2v) is 5.07. The lowest BCUT2D eigenvalue weighted by Gasteiger charge is -2.13. The van der Waals surface area contributed by atoms with Gasteiger partial charge < -0.3 is 9.47 Å². The topological polar surface area (TPSA) is 48.4 Å². The van der Waals surface area contributed by atoms with Crippen LogP contribution >= 0.6 is 11.6 Å². The maximum atomic E-state index is 12.0. The Morgan fingerprint density at radius 1 is 1.18 bits per heavy atom.